The van der Waals surface area contributed by atoms with E-state index in [9.17, 15) is 0 Å². The second kappa shape index (κ2) is 5.54. The minimum absolute atomic E-state index is 0.382. The van der Waals surface area contributed by atoms with Crippen molar-refractivity contribution in [1.29, 1.82) is 0 Å². The summed E-state index contributed by atoms with van der Waals surface area (Å²) < 4.78 is 16.3. The van der Waals surface area contributed by atoms with Crippen molar-refractivity contribution < 1.29 is 14.2 Å². The van der Waals surface area contributed by atoms with Gasteiger partial charge in [-0.2, -0.15) is 0 Å². The van der Waals surface area contributed by atoms with Gasteiger partial charge in [0.15, 0.2) is 11.5 Å². The molecule has 0 fully saturated rings. The molecule has 2 N–H and O–H groups in total. The molecule has 0 atom stereocenters. The first-order chi connectivity index (χ1) is 9.44. The normalized spacial score (nSPS) is 11.4. The summed E-state index contributed by atoms with van der Waals surface area (Å²) in [5.41, 5.74) is 5.52. The van der Waals surface area contributed by atoms with Gasteiger partial charge in [0, 0.05) is 17.1 Å². The number of hydrogen-bond acceptors (Lipinski definition) is 5. The van der Waals surface area contributed by atoms with E-state index >= 15 is 0 Å². The molecule has 0 aliphatic rings. The SMILES string of the molecule is COc1cc2ccnc(OCC(C)(C)N)c2cc1OC. The monoisotopic (exact) mass is 276 g/mol. The quantitative estimate of drug-likeness (QED) is 0.908. The number of pyridine rings is 1. The topological polar surface area (TPSA) is 66.6 Å². The summed E-state index contributed by atoms with van der Waals surface area (Å²) in [7, 11) is 3.21. The zero-order chi connectivity index (χ0) is 14.8. The number of hydrogen-bond donors (Lipinski definition) is 1. The summed E-state index contributed by atoms with van der Waals surface area (Å²) in [5.74, 6) is 1.86. The molecule has 5 heteroatoms. The van der Waals surface area contributed by atoms with Crippen molar-refractivity contribution in [2.45, 2.75) is 19.4 Å². The van der Waals surface area contributed by atoms with Crippen LogP contribution in [0, 0.1) is 0 Å². The Morgan fingerprint density at radius 2 is 1.80 bits per heavy atom. The van der Waals surface area contributed by atoms with E-state index in [0.717, 1.165) is 10.8 Å². The first-order valence-corrected chi connectivity index (χ1v) is 6.37. The van der Waals surface area contributed by atoms with E-state index in [1.807, 2.05) is 32.0 Å². The number of aromatic nitrogens is 1. The number of fused-ring (bicyclic) bond motifs is 1. The molecule has 20 heavy (non-hydrogen) atoms. The number of nitrogens with two attached hydrogens (primary N) is 1. The lowest BCUT2D eigenvalue weighted by Gasteiger charge is -2.19. The van der Waals surface area contributed by atoms with Gasteiger partial charge in [-0.15, -0.1) is 0 Å². The first kappa shape index (κ1) is 14.4. The van der Waals surface area contributed by atoms with Crippen molar-refractivity contribution >= 4 is 10.8 Å². The highest BCUT2D eigenvalue weighted by molar-refractivity contribution is 5.89. The summed E-state index contributed by atoms with van der Waals surface area (Å²) >= 11 is 0. The molecule has 5 nitrogen and oxygen atoms in total. The predicted octanol–water partition coefficient (Wildman–Crippen LogP) is 2.37. The van der Waals surface area contributed by atoms with Gasteiger partial charge < -0.3 is 19.9 Å². The fourth-order valence-electron chi connectivity index (χ4n) is 1.84. The van der Waals surface area contributed by atoms with Crippen LogP contribution in [0.1, 0.15) is 13.8 Å². The number of ether oxygens (including phenoxy) is 3. The third-order valence-electron chi connectivity index (χ3n) is 2.81. The van der Waals surface area contributed by atoms with Gasteiger partial charge in [-0.25, -0.2) is 4.98 Å². The van der Waals surface area contributed by atoms with E-state index in [2.05, 4.69) is 4.98 Å². The summed E-state index contributed by atoms with van der Waals surface area (Å²) in [5, 5.41) is 1.84. The zero-order valence-electron chi connectivity index (χ0n) is 12.3. The van der Waals surface area contributed by atoms with Crippen molar-refractivity contribution in [2.24, 2.45) is 5.73 Å². The van der Waals surface area contributed by atoms with Crippen molar-refractivity contribution in [3.63, 3.8) is 0 Å². The Bertz CT molecular complexity index is 606. The second-order valence-electron chi connectivity index (χ2n) is 5.32. The maximum Gasteiger partial charge on any atom is 0.221 e. The highest BCUT2D eigenvalue weighted by Gasteiger charge is 2.15. The van der Waals surface area contributed by atoms with Crippen LogP contribution in [-0.4, -0.2) is 31.3 Å². The van der Waals surface area contributed by atoms with E-state index in [0.29, 0.717) is 24.0 Å². The van der Waals surface area contributed by atoms with Gasteiger partial charge in [-0.1, -0.05) is 0 Å². The van der Waals surface area contributed by atoms with Crippen LogP contribution in [0.5, 0.6) is 17.4 Å². The third kappa shape index (κ3) is 3.11. The van der Waals surface area contributed by atoms with Gasteiger partial charge in [0.25, 0.3) is 0 Å². The Kier molecular flexibility index (Phi) is 3.99. The van der Waals surface area contributed by atoms with Gasteiger partial charge in [0.2, 0.25) is 5.88 Å². The fraction of sp³-hybridized carbons (Fsp3) is 0.400. The van der Waals surface area contributed by atoms with Crippen LogP contribution < -0.4 is 19.9 Å². The molecule has 0 unspecified atom stereocenters. The zero-order valence-corrected chi connectivity index (χ0v) is 12.3. The number of rotatable bonds is 5. The Hall–Kier alpha value is -2.01. The summed E-state index contributed by atoms with van der Waals surface area (Å²) in [6, 6.07) is 5.66. The fourth-order valence-corrected chi connectivity index (χ4v) is 1.84. The summed E-state index contributed by atoms with van der Waals surface area (Å²) in [4.78, 5) is 4.27. The van der Waals surface area contributed by atoms with Crippen LogP contribution in [0.2, 0.25) is 0 Å². The van der Waals surface area contributed by atoms with E-state index in [1.54, 1.807) is 20.4 Å². The van der Waals surface area contributed by atoms with Gasteiger partial charge in [0.05, 0.1) is 14.2 Å². The van der Waals surface area contributed by atoms with E-state index < -0.39 is 5.54 Å². The van der Waals surface area contributed by atoms with Gasteiger partial charge >= 0.3 is 0 Å². The Morgan fingerprint density at radius 1 is 1.15 bits per heavy atom. The number of benzene rings is 1. The smallest absolute Gasteiger partial charge is 0.221 e. The molecular formula is C15H20N2O3. The molecule has 1 aromatic heterocycles. The minimum atomic E-state index is -0.416. The van der Waals surface area contributed by atoms with Crippen LogP contribution in [0.25, 0.3) is 10.8 Å². The highest BCUT2D eigenvalue weighted by atomic mass is 16.5. The molecule has 0 aliphatic heterocycles. The van der Waals surface area contributed by atoms with E-state index in [-0.39, 0.29) is 0 Å². The molecule has 108 valence electrons. The second-order valence-corrected chi connectivity index (χ2v) is 5.32. The van der Waals surface area contributed by atoms with E-state index in [1.165, 1.54) is 0 Å². The van der Waals surface area contributed by atoms with Crippen molar-refractivity contribution in [2.75, 3.05) is 20.8 Å². The Morgan fingerprint density at radius 3 is 2.40 bits per heavy atom. The van der Waals surface area contributed by atoms with Crippen molar-refractivity contribution in [3.05, 3.63) is 24.4 Å². The van der Waals surface area contributed by atoms with Crippen LogP contribution >= 0.6 is 0 Å². The molecule has 0 saturated heterocycles. The van der Waals surface area contributed by atoms with Crippen molar-refractivity contribution in [1.82, 2.24) is 4.98 Å². The van der Waals surface area contributed by atoms with Gasteiger partial charge in [0.1, 0.15) is 6.61 Å². The molecular weight excluding hydrogens is 256 g/mol. The number of methoxy groups -OCH3 is 2. The molecule has 2 aromatic rings. The van der Waals surface area contributed by atoms with Crippen molar-refractivity contribution in [3.8, 4) is 17.4 Å². The lowest BCUT2D eigenvalue weighted by atomic mass is 10.1. The Labute approximate surface area is 118 Å². The average Bonchev–Trinajstić information content (AvgIpc) is 2.42. The van der Waals surface area contributed by atoms with Crippen LogP contribution in [0.4, 0.5) is 0 Å². The van der Waals surface area contributed by atoms with Gasteiger partial charge in [-0.3, -0.25) is 0 Å². The molecule has 1 heterocycles. The maximum atomic E-state index is 5.93. The van der Waals surface area contributed by atoms with Crippen LogP contribution in [0.15, 0.2) is 24.4 Å². The summed E-state index contributed by atoms with van der Waals surface area (Å²) in [6.07, 6.45) is 1.70. The Balaban J connectivity index is 2.45. The van der Waals surface area contributed by atoms with Crippen LogP contribution in [-0.2, 0) is 0 Å². The van der Waals surface area contributed by atoms with Crippen LogP contribution in [0.3, 0.4) is 0 Å². The molecule has 0 bridgehead atoms. The molecule has 0 radical (unpaired) electrons. The third-order valence-corrected chi connectivity index (χ3v) is 2.81. The molecule has 2 rings (SSSR count). The minimum Gasteiger partial charge on any atom is -0.493 e. The molecule has 0 spiro atoms. The molecule has 1 aromatic carbocycles. The highest BCUT2D eigenvalue weighted by Crippen LogP contribution is 2.35. The molecule has 0 amide bonds. The predicted molar refractivity (Wildman–Crippen MR) is 78.6 cm³/mol. The van der Waals surface area contributed by atoms with Gasteiger partial charge in [-0.05, 0) is 37.4 Å². The standard InChI is InChI=1S/C15H20N2O3/c1-15(2,16)9-20-14-11-8-13(19-4)12(18-3)7-10(11)5-6-17-14/h5-8H,9,16H2,1-4H3. The molecule has 0 aliphatic carbocycles. The lowest BCUT2D eigenvalue weighted by Crippen LogP contribution is -2.38. The van der Waals surface area contributed by atoms with E-state index in [4.69, 9.17) is 19.9 Å². The first-order valence-electron chi connectivity index (χ1n) is 6.37. The number of nitrogens with zero attached hydrogens (tertiary/aromatic N) is 1. The average molecular weight is 276 g/mol. The molecule has 0 saturated carbocycles. The summed E-state index contributed by atoms with van der Waals surface area (Å²) in [6.45, 7) is 4.19. The largest absolute Gasteiger partial charge is 0.493 e. The maximum absolute atomic E-state index is 5.93. The lowest BCUT2D eigenvalue weighted by molar-refractivity contribution is 0.238.